The molecule has 2 unspecified atom stereocenters. The van der Waals surface area contributed by atoms with Crippen molar-refractivity contribution in [3.05, 3.63) is 35.9 Å². The number of urea groups is 1. The lowest BCUT2D eigenvalue weighted by molar-refractivity contribution is 0.202. The van der Waals surface area contributed by atoms with Crippen LogP contribution in [0.5, 0.6) is 0 Å². The molecule has 0 N–H and O–H groups in total. The second-order valence-electron chi connectivity index (χ2n) is 3.95. The molecule has 1 aromatic carbocycles. The summed E-state index contributed by atoms with van der Waals surface area (Å²) in [7, 11) is 1.34. The van der Waals surface area contributed by atoms with Gasteiger partial charge >= 0.3 is 13.6 Å². The topological polar surface area (TPSA) is 49.9 Å². The van der Waals surface area contributed by atoms with E-state index in [4.69, 9.17) is 4.52 Å². The van der Waals surface area contributed by atoms with Gasteiger partial charge in [-0.3, -0.25) is 9.24 Å². The maximum Gasteiger partial charge on any atom is 0.327 e. The molecule has 1 saturated heterocycles. The van der Waals surface area contributed by atoms with Gasteiger partial charge in [0.25, 0.3) is 0 Å². The molecule has 1 heterocycles. The second kappa shape index (κ2) is 4.17. The average molecular weight is 254 g/mol. The first-order valence-corrected chi connectivity index (χ1v) is 6.88. The van der Waals surface area contributed by atoms with Gasteiger partial charge in [-0.15, -0.1) is 0 Å². The summed E-state index contributed by atoms with van der Waals surface area (Å²) in [5, 5.41) is 0. The number of carbonyl (C=O) groups is 1. The van der Waals surface area contributed by atoms with Crippen LogP contribution in [0, 0.1) is 0 Å². The highest BCUT2D eigenvalue weighted by Gasteiger charge is 2.52. The van der Waals surface area contributed by atoms with E-state index in [2.05, 4.69) is 0 Å². The van der Waals surface area contributed by atoms with Gasteiger partial charge in [-0.1, -0.05) is 30.3 Å². The molecule has 6 heteroatoms. The zero-order valence-corrected chi connectivity index (χ0v) is 10.9. The van der Waals surface area contributed by atoms with E-state index in [-0.39, 0.29) is 6.03 Å². The van der Waals surface area contributed by atoms with E-state index in [0.29, 0.717) is 0 Å². The summed E-state index contributed by atoms with van der Waals surface area (Å²) < 4.78 is 19.0. The Kier molecular flexibility index (Phi) is 2.98. The van der Waals surface area contributed by atoms with Crippen molar-refractivity contribution in [3.63, 3.8) is 0 Å². The van der Waals surface area contributed by atoms with Crippen LogP contribution in [0.15, 0.2) is 30.3 Å². The molecule has 1 aliphatic heterocycles. The molecule has 5 nitrogen and oxygen atoms in total. The molecule has 0 aliphatic carbocycles. The average Bonchev–Trinajstić information content (AvgIpc) is 2.53. The molecule has 1 aliphatic rings. The van der Waals surface area contributed by atoms with Gasteiger partial charge < -0.3 is 9.42 Å². The highest BCUT2D eigenvalue weighted by Crippen LogP contribution is 2.66. The molecule has 2 atom stereocenters. The van der Waals surface area contributed by atoms with E-state index >= 15 is 0 Å². The van der Waals surface area contributed by atoms with Gasteiger partial charge in [0.05, 0.1) is 0 Å². The number of benzene rings is 1. The second-order valence-corrected chi connectivity index (χ2v) is 6.53. The summed E-state index contributed by atoms with van der Waals surface area (Å²) in [6, 6.07) is 8.99. The number of hydrogen-bond acceptors (Lipinski definition) is 3. The van der Waals surface area contributed by atoms with E-state index in [9.17, 15) is 9.36 Å². The minimum absolute atomic E-state index is 0.288. The third-order valence-electron chi connectivity index (χ3n) is 3.03. The molecule has 0 aromatic heterocycles. The quantitative estimate of drug-likeness (QED) is 0.762. The largest absolute Gasteiger partial charge is 0.327 e. The normalized spacial score (nSPS) is 28.9. The monoisotopic (exact) mass is 254 g/mol. The summed E-state index contributed by atoms with van der Waals surface area (Å²) in [5.41, 5.74) is 0.817. The molecule has 17 heavy (non-hydrogen) atoms. The zero-order chi connectivity index (χ0) is 12.6. The third kappa shape index (κ3) is 1.66. The van der Waals surface area contributed by atoms with E-state index in [1.807, 2.05) is 30.3 Å². The molecule has 2 amide bonds. The summed E-state index contributed by atoms with van der Waals surface area (Å²) in [6.45, 7) is 0. The number of carbonyl (C=O) groups excluding carboxylic acids is 1. The Morgan fingerprint density at radius 2 is 1.82 bits per heavy atom. The molecule has 1 fully saturated rings. The van der Waals surface area contributed by atoms with Crippen LogP contribution in [0.1, 0.15) is 11.3 Å². The fourth-order valence-electron chi connectivity index (χ4n) is 2.09. The first-order valence-electron chi connectivity index (χ1n) is 5.23. The Morgan fingerprint density at radius 3 is 2.35 bits per heavy atom. The summed E-state index contributed by atoms with van der Waals surface area (Å²) >= 11 is 0. The first-order chi connectivity index (χ1) is 8.02. The van der Waals surface area contributed by atoms with Crippen molar-refractivity contribution in [2.45, 2.75) is 5.78 Å². The Morgan fingerprint density at radius 1 is 1.24 bits per heavy atom. The van der Waals surface area contributed by atoms with Gasteiger partial charge in [-0.05, 0) is 5.56 Å². The number of nitrogens with zero attached hydrogens (tertiary/aromatic N) is 2. The number of amides is 2. The van der Waals surface area contributed by atoms with Crippen LogP contribution in [0.4, 0.5) is 4.79 Å². The van der Waals surface area contributed by atoms with E-state index in [1.54, 1.807) is 7.05 Å². The summed E-state index contributed by atoms with van der Waals surface area (Å²) in [4.78, 5) is 13.3. The summed E-state index contributed by atoms with van der Waals surface area (Å²) in [6.07, 6.45) is 0. The molecule has 2 rings (SSSR count). The van der Waals surface area contributed by atoms with Crippen LogP contribution in [0.25, 0.3) is 0 Å². The predicted molar refractivity (Wildman–Crippen MR) is 64.7 cm³/mol. The van der Waals surface area contributed by atoms with Crippen LogP contribution < -0.4 is 0 Å². The fourth-order valence-corrected chi connectivity index (χ4v) is 4.33. The standard InChI is InChI=1S/C11H15N2O3P/c1-12-10(9-7-5-4-6-8-9)17(15,16-3)13(2)11(12)14/h4-8,10H,1-3H3. The van der Waals surface area contributed by atoms with Crippen molar-refractivity contribution < 1.29 is 13.9 Å². The Labute approximate surface area is 100 Å². The van der Waals surface area contributed by atoms with Crippen molar-refractivity contribution >= 4 is 13.6 Å². The molecule has 1 aromatic rings. The molecule has 0 bridgehead atoms. The maximum atomic E-state index is 12.7. The Balaban J connectivity index is 2.52. The van der Waals surface area contributed by atoms with Crippen molar-refractivity contribution in [1.29, 1.82) is 0 Å². The van der Waals surface area contributed by atoms with Crippen LogP contribution in [0.3, 0.4) is 0 Å². The highest BCUT2D eigenvalue weighted by atomic mass is 31.2. The van der Waals surface area contributed by atoms with Gasteiger partial charge in [0.2, 0.25) is 0 Å². The van der Waals surface area contributed by atoms with Gasteiger partial charge in [-0.25, -0.2) is 4.79 Å². The molecule has 0 spiro atoms. The van der Waals surface area contributed by atoms with E-state index in [1.165, 1.54) is 23.7 Å². The van der Waals surface area contributed by atoms with Crippen molar-refractivity contribution in [2.75, 3.05) is 21.2 Å². The van der Waals surface area contributed by atoms with E-state index in [0.717, 1.165) is 5.56 Å². The van der Waals surface area contributed by atoms with Gasteiger partial charge in [0.15, 0.2) is 5.78 Å². The minimum Gasteiger partial charge on any atom is -0.315 e. The zero-order valence-electron chi connectivity index (χ0n) is 10.0. The van der Waals surface area contributed by atoms with Crippen molar-refractivity contribution in [3.8, 4) is 0 Å². The van der Waals surface area contributed by atoms with Gasteiger partial charge in [-0.2, -0.15) is 0 Å². The first kappa shape index (κ1) is 12.1. The van der Waals surface area contributed by atoms with Crippen molar-refractivity contribution in [1.82, 2.24) is 9.57 Å². The molecule has 92 valence electrons. The smallest absolute Gasteiger partial charge is 0.315 e. The number of hydrogen-bond donors (Lipinski definition) is 0. The highest BCUT2D eigenvalue weighted by molar-refractivity contribution is 7.58. The van der Waals surface area contributed by atoms with Gasteiger partial charge in [0.1, 0.15) is 0 Å². The van der Waals surface area contributed by atoms with Crippen LogP contribution in [-0.4, -0.2) is 36.8 Å². The maximum absolute atomic E-state index is 12.7. The molecular weight excluding hydrogens is 239 g/mol. The predicted octanol–water partition coefficient (Wildman–Crippen LogP) is 2.52. The SMILES string of the molecule is COP1(=O)C(c2ccccc2)N(C)C(=O)N1C. The summed E-state index contributed by atoms with van der Waals surface area (Å²) in [5.74, 6) is -0.536. The lowest BCUT2D eigenvalue weighted by Gasteiger charge is -2.23. The fraction of sp³-hybridized carbons (Fsp3) is 0.364. The molecule has 0 radical (unpaired) electrons. The Hall–Kier alpha value is -1.32. The lowest BCUT2D eigenvalue weighted by atomic mass is 10.2. The minimum atomic E-state index is -3.18. The lowest BCUT2D eigenvalue weighted by Crippen LogP contribution is -2.26. The third-order valence-corrected chi connectivity index (χ3v) is 5.83. The van der Waals surface area contributed by atoms with Crippen LogP contribution >= 0.6 is 7.52 Å². The molecular formula is C11H15N2O3P. The van der Waals surface area contributed by atoms with Crippen molar-refractivity contribution in [2.24, 2.45) is 0 Å². The number of rotatable bonds is 2. The van der Waals surface area contributed by atoms with Crippen LogP contribution in [0.2, 0.25) is 0 Å². The van der Waals surface area contributed by atoms with Gasteiger partial charge in [0, 0.05) is 21.2 Å². The molecule has 0 saturated carbocycles. The Bertz CT molecular complexity index is 477. The van der Waals surface area contributed by atoms with E-state index < -0.39 is 13.3 Å². The van der Waals surface area contributed by atoms with Crippen LogP contribution in [-0.2, 0) is 9.09 Å².